The average molecular weight is 360 g/mol. The second-order valence-electron chi connectivity index (χ2n) is 4.50. The minimum atomic E-state index is -3.29. The molecule has 0 unspecified atom stereocenters. The standard InChI is InChI=1S/C14H12BrF2NO3/c15-14(16,17)7-6-12(19)18-11(9-21-13(18)20)8-10-4-2-1-3-5-10/h1-7,11H,8-9H2/b7-6+/t11-/m0/s1. The van der Waals surface area contributed by atoms with Gasteiger partial charge in [-0.1, -0.05) is 30.3 Å². The predicted molar refractivity (Wildman–Crippen MR) is 75.1 cm³/mol. The molecular formula is C14H12BrF2NO3. The number of imide groups is 1. The number of carbonyl (C=O) groups excluding carboxylic acids is 2. The second-order valence-corrected chi connectivity index (χ2v) is 5.56. The Hall–Kier alpha value is -1.76. The monoisotopic (exact) mass is 359 g/mol. The summed E-state index contributed by atoms with van der Waals surface area (Å²) in [6, 6.07) is 8.74. The van der Waals surface area contributed by atoms with E-state index in [1.807, 2.05) is 30.3 Å². The van der Waals surface area contributed by atoms with Crippen LogP contribution in [0.2, 0.25) is 0 Å². The van der Waals surface area contributed by atoms with Crippen LogP contribution in [0.4, 0.5) is 13.6 Å². The molecule has 21 heavy (non-hydrogen) atoms. The lowest BCUT2D eigenvalue weighted by Gasteiger charge is -2.18. The number of allylic oxidation sites excluding steroid dienone is 1. The fourth-order valence-corrected chi connectivity index (χ4v) is 2.15. The first-order valence-electron chi connectivity index (χ1n) is 6.16. The van der Waals surface area contributed by atoms with E-state index in [9.17, 15) is 18.4 Å². The molecule has 1 saturated heterocycles. The molecule has 112 valence electrons. The van der Waals surface area contributed by atoms with Crippen molar-refractivity contribution in [2.75, 3.05) is 6.61 Å². The number of halogens is 3. The van der Waals surface area contributed by atoms with Gasteiger partial charge in [-0.3, -0.25) is 4.79 Å². The van der Waals surface area contributed by atoms with Crippen LogP contribution in [0.15, 0.2) is 42.5 Å². The molecule has 0 bridgehead atoms. The van der Waals surface area contributed by atoms with Gasteiger partial charge in [-0.2, -0.15) is 8.78 Å². The molecule has 1 aromatic rings. The third-order valence-electron chi connectivity index (χ3n) is 2.93. The first-order chi connectivity index (χ1) is 9.87. The number of hydrogen-bond acceptors (Lipinski definition) is 3. The Morgan fingerprint density at radius 1 is 1.43 bits per heavy atom. The lowest BCUT2D eigenvalue weighted by atomic mass is 10.1. The van der Waals surface area contributed by atoms with Gasteiger partial charge in [0.2, 0.25) is 0 Å². The number of hydrogen-bond donors (Lipinski definition) is 0. The molecule has 2 amide bonds. The van der Waals surface area contributed by atoms with Crippen molar-refractivity contribution in [2.45, 2.75) is 17.3 Å². The first-order valence-corrected chi connectivity index (χ1v) is 6.96. The van der Waals surface area contributed by atoms with Gasteiger partial charge in [0.1, 0.15) is 6.61 Å². The molecule has 0 radical (unpaired) electrons. The van der Waals surface area contributed by atoms with E-state index in [-0.39, 0.29) is 6.61 Å². The summed E-state index contributed by atoms with van der Waals surface area (Å²) in [5.74, 6) is -0.822. The molecule has 1 fully saturated rings. The lowest BCUT2D eigenvalue weighted by Crippen LogP contribution is -2.39. The van der Waals surface area contributed by atoms with E-state index >= 15 is 0 Å². The Balaban J connectivity index is 2.10. The minimum absolute atomic E-state index is 0.0536. The molecule has 0 saturated carbocycles. The highest BCUT2D eigenvalue weighted by Gasteiger charge is 2.37. The van der Waals surface area contributed by atoms with Crippen molar-refractivity contribution in [1.29, 1.82) is 0 Å². The van der Waals surface area contributed by atoms with Crippen LogP contribution in [0.1, 0.15) is 5.56 Å². The van der Waals surface area contributed by atoms with Crippen molar-refractivity contribution in [3.63, 3.8) is 0 Å². The summed E-state index contributed by atoms with van der Waals surface area (Å²) in [5, 5.41) is 0. The largest absolute Gasteiger partial charge is 0.447 e. The third-order valence-corrected chi connectivity index (χ3v) is 3.19. The Morgan fingerprint density at radius 3 is 2.71 bits per heavy atom. The zero-order chi connectivity index (χ0) is 15.5. The number of cyclic esters (lactones) is 1. The van der Waals surface area contributed by atoms with Gasteiger partial charge in [-0.15, -0.1) is 0 Å². The van der Waals surface area contributed by atoms with Gasteiger partial charge in [0.05, 0.1) is 6.04 Å². The van der Waals surface area contributed by atoms with Crippen LogP contribution in [-0.4, -0.2) is 34.4 Å². The van der Waals surface area contributed by atoms with Gasteiger partial charge >= 0.3 is 10.9 Å². The Labute approximate surface area is 128 Å². The van der Waals surface area contributed by atoms with Gasteiger partial charge in [-0.05, 0) is 27.9 Å². The van der Waals surface area contributed by atoms with Crippen molar-refractivity contribution in [3.8, 4) is 0 Å². The summed E-state index contributed by atoms with van der Waals surface area (Å²) in [5.41, 5.74) is 0.924. The molecule has 2 rings (SSSR count). The summed E-state index contributed by atoms with van der Waals surface area (Å²) in [6.07, 6.45) is 0.653. The van der Waals surface area contributed by atoms with Crippen LogP contribution in [0.25, 0.3) is 0 Å². The quantitative estimate of drug-likeness (QED) is 0.612. The van der Waals surface area contributed by atoms with E-state index in [1.165, 1.54) is 0 Å². The van der Waals surface area contributed by atoms with Crippen LogP contribution >= 0.6 is 15.9 Å². The molecule has 0 spiro atoms. The van der Waals surface area contributed by atoms with Gasteiger partial charge in [0, 0.05) is 12.2 Å². The van der Waals surface area contributed by atoms with Crippen LogP contribution in [-0.2, 0) is 16.0 Å². The molecule has 1 aliphatic rings. The van der Waals surface area contributed by atoms with E-state index in [0.29, 0.717) is 18.6 Å². The van der Waals surface area contributed by atoms with E-state index in [1.54, 1.807) is 0 Å². The van der Waals surface area contributed by atoms with Crippen LogP contribution in [0, 0.1) is 0 Å². The van der Waals surface area contributed by atoms with Crippen molar-refractivity contribution in [1.82, 2.24) is 4.90 Å². The van der Waals surface area contributed by atoms with E-state index in [4.69, 9.17) is 4.74 Å². The summed E-state index contributed by atoms with van der Waals surface area (Å²) >= 11 is 2.09. The zero-order valence-electron chi connectivity index (χ0n) is 10.8. The molecule has 0 aliphatic carbocycles. The van der Waals surface area contributed by atoms with Crippen LogP contribution in [0.3, 0.4) is 0 Å². The highest BCUT2D eigenvalue weighted by molar-refractivity contribution is 9.10. The highest BCUT2D eigenvalue weighted by Crippen LogP contribution is 2.24. The molecule has 4 nitrogen and oxygen atoms in total. The second kappa shape index (κ2) is 6.34. The Kier molecular flexibility index (Phi) is 4.72. The molecule has 0 aromatic heterocycles. The SMILES string of the molecule is O=C(/C=C/C(F)(F)Br)N1C(=O)OC[C@@H]1Cc1ccccc1. The molecular weight excluding hydrogens is 348 g/mol. The number of amides is 2. The van der Waals surface area contributed by atoms with Crippen LogP contribution < -0.4 is 0 Å². The maximum atomic E-state index is 12.7. The maximum Gasteiger partial charge on any atom is 0.417 e. The zero-order valence-corrected chi connectivity index (χ0v) is 12.4. The fraction of sp³-hybridized carbons (Fsp3) is 0.286. The number of nitrogens with zero attached hydrogens (tertiary/aromatic N) is 1. The number of benzene rings is 1. The predicted octanol–water partition coefficient (Wildman–Crippen LogP) is 3.12. The van der Waals surface area contributed by atoms with Gasteiger partial charge in [-0.25, -0.2) is 9.69 Å². The summed E-state index contributed by atoms with van der Waals surface area (Å²) in [6.45, 7) is 0.0536. The smallest absolute Gasteiger partial charge is 0.417 e. The van der Waals surface area contributed by atoms with Crippen molar-refractivity contribution < 1.29 is 23.1 Å². The topological polar surface area (TPSA) is 46.6 Å². The fourth-order valence-electron chi connectivity index (χ4n) is 2.01. The maximum absolute atomic E-state index is 12.7. The van der Waals surface area contributed by atoms with Gasteiger partial charge < -0.3 is 4.74 Å². The van der Waals surface area contributed by atoms with E-state index in [2.05, 4.69) is 15.9 Å². The van der Waals surface area contributed by atoms with Crippen molar-refractivity contribution >= 4 is 27.9 Å². The number of ether oxygens (including phenoxy) is 1. The number of carbonyl (C=O) groups is 2. The van der Waals surface area contributed by atoms with Crippen molar-refractivity contribution in [3.05, 3.63) is 48.0 Å². The summed E-state index contributed by atoms with van der Waals surface area (Å²) < 4.78 is 30.1. The van der Waals surface area contributed by atoms with E-state index < -0.39 is 22.9 Å². The van der Waals surface area contributed by atoms with Gasteiger partial charge in [0.15, 0.2) is 0 Å². The van der Waals surface area contributed by atoms with Crippen molar-refractivity contribution in [2.24, 2.45) is 0 Å². The first kappa shape index (κ1) is 15.6. The normalized spacial score (nSPS) is 19.1. The third kappa shape index (κ3) is 4.35. The van der Waals surface area contributed by atoms with E-state index in [0.717, 1.165) is 10.5 Å². The van der Waals surface area contributed by atoms with Crippen LogP contribution in [0.5, 0.6) is 0 Å². The number of alkyl halides is 3. The molecule has 1 aliphatic heterocycles. The highest BCUT2D eigenvalue weighted by atomic mass is 79.9. The molecule has 0 N–H and O–H groups in total. The summed E-state index contributed by atoms with van der Waals surface area (Å²) in [7, 11) is 0. The molecule has 7 heteroatoms. The Bertz CT molecular complexity index is 557. The number of rotatable bonds is 4. The minimum Gasteiger partial charge on any atom is -0.447 e. The molecule has 1 atom stereocenters. The van der Waals surface area contributed by atoms with Gasteiger partial charge in [0.25, 0.3) is 5.91 Å². The molecule has 1 aromatic carbocycles. The lowest BCUT2D eigenvalue weighted by molar-refractivity contribution is -0.124. The average Bonchev–Trinajstić information content (AvgIpc) is 2.77. The Morgan fingerprint density at radius 2 is 2.10 bits per heavy atom. The molecule has 1 heterocycles. The summed E-state index contributed by atoms with van der Waals surface area (Å²) in [4.78, 5) is 21.1.